The van der Waals surface area contributed by atoms with Crippen molar-refractivity contribution in [3.8, 4) is 0 Å². The fraction of sp³-hybridized carbons (Fsp3) is 0.667. The van der Waals surface area contributed by atoms with Crippen molar-refractivity contribution in [2.45, 2.75) is 51.2 Å². The Labute approximate surface area is 110 Å². The van der Waals surface area contributed by atoms with E-state index in [1.807, 2.05) is 39.3 Å². The molecule has 0 unspecified atom stereocenters. The van der Waals surface area contributed by atoms with E-state index in [0.29, 0.717) is 11.4 Å². The zero-order chi connectivity index (χ0) is 13.9. The van der Waals surface area contributed by atoms with Crippen LogP contribution < -0.4 is 10.0 Å². The van der Waals surface area contributed by atoms with E-state index in [1.165, 1.54) is 0 Å². The van der Waals surface area contributed by atoms with Crippen LogP contribution in [-0.4, -0.2) is 26.1 Å². The van der Waals surface area contributed by atoms with E-state index < -0.39 is 10.0 Å². The zero-order valence-corrected chi connectivity index (χ0v) is 12.5. The van der Waals surface area contributed by atoms with Crippen molar-refractivity contribution in [3.63, 3.8) is 0 Å². The van der Waals surface area contributed by atoms with E-state index in [-0.39, 0.29) is 12.1 Å². The normalized spacial score (nSPS) is 12.6. The van der Waals surface area contributed by atoms with Gasteiger partial charge in [-0.05, 0) is 40.8 Å². The molecule has 0 fully saturated rings. The van der Waals surface area contributed by atoms with Crippen molar-refractivity contribution in [1.29, 1.82) is 0 Å². The average molecular weight is 273 g/mol. The van der Waals surface area contributed by atoms with Gasteiger partial charge in [0.15, 0.2) is 0 Å². The molecular weight excluding hydrogens is 250 g/mol. The highest BCUT2D eigenvalue weighted by atomic mass is 32.2. The van der Waals surface area contributed by atoms with Crippen molar-refractivity contribution in [1.82, 2.24) is 14.6 Å². The van der Waals surface area contributed by atoms with Crippen molar-refractivity contribution in [2.75, 3.05) is 7.05 Å². The molecule has 0 aliphatic rings. The molecule has 1 aromatic heterocycles. The first-order valence-corrected chi connectivity index (χ1v) is 7.64. The minimum Gasteiger partial charge on any atom is -0.346 e. The van der Waals surface area contributed by atoms with Gasteiger partial charge < -0.3 is 9.88 Å². The summed E-state index contributed by atoms with van der Waals surface area (Å²) in [5.41, 5.74) is 0.969. The minimum atomic E-state index is -3.41. The highest BCUT2D eigenvalue weighted by Crippen LogP contribution is 2.19. The van der Waals surface area contributed by atoms with Gasteiger partial charge in [-0.2, -0.15) is 0 Å². The summed E-state index contributed by atoms with van der Waals surface area (Å²) in [6.45, 7) is 8.34. The molecule has 2 N–H and O–H groups in total. The molecule has 0 saturated heterocycles. The molecule has 5 nitrogen and oxygen atoms in total. The lowest BCUT2D eigenvalue weighted by Crippen LogP contribution is -2.30. The van der Waals surface area contributed by atoms with Gasteiger partial charge in [-0.1, -0.05) is 0 Å². The Bertz CT molecular complexity index is 489. The monoisotopic (exact) mass is 273 g/mol. The summed E-state index contributed by atoms with van der Waals surface area (Å²) in [5.74, 6) is 0. The predicted molar refractivity (Wildman–Crippen MR) is 73.0 cm³/mol. The van der Waals surface area contributed by atoms with E-state index in [1.54, 1.807) is 12.3 Å². The molecule has 0 atom stereocenters. The first kappa shape index (κ1) is 15.2. The second-order valence-electron chi connectivity index (χ2n) is 4.97. The lowest BCUT2D eigenvalue weighted by Gasteiger charge is -2.12. The van der Waals surface area contributed by atoms with Crippen molar-refractivity contribution >= 4 is 10.0 Å². The fourth-order valence-corrected chi connectivity index (χ4v) is 3.13. The molecule has 0 aliphatic carbocycles. The van der Waals surface area contributed by atoms with Gasteiger partial charge in [-0.15, -0.1) is 0 Å². The maximum atomic E-state index is 12.1. The molecule has 1 aromatic rings. The molecule has 0 bridgehead atoms. The summed E-state index contributed by atoms with van der Waals surface area (Å²) < 4.78 is 28.8. The van der Waals surface area contributed by atoms with Crippen LogP contribution in [0.4, 0.5) is 0 Å². The SMILES string of the molecule is CNCc1cc(S(=O)(=O)NC(C)C)cn1C(C)C. The smallest absolute Gasteiger partial charge is 0.242 e. The van der Waals surface area contributed by atoms with E-state index in [4.69, 9.17) is 0 Å². The molecule has 0 aliphatic heterocycles. The van der Waals surface area contributed by atoms with Crippen LogP contribution >= 0.6 is 0 Å². The molecule has 1 rings (SSSR count). The molecule has 0 radical (unpaired) electrons. The molecule has 1 heterocycles. The van der Waals surface area contributed by atoms with Crippen LogP contribution in [0.2, 0.25) is 0 Å². The first-order valence-electron chi connectivity index (χ1n) is 6.15. The summed E-state index contributed by atoms with van der Waals surface area (Å²) in [4.78, 5) is 0.329. The van der Waals surface area contributed by atoms with Crippen LogP contribution in [0.25, 0.3) is 0 Å². The zero-order valence-electron chi connectivity index (χ0n) is 11.7. The molecule has 0 aromatic carbocycles. The molecule has 104 valence electrons. The summed E-state index contributed by atoms with van der Waals surface area (Å²) >= 11 is 0. The third-order valence-corrected chi connectivity index (χ3v) is 4.15. The highest BCUT2D eigenvalue weighted by Gasteiger charge is 2.19. The molecule has 0 amide bonds. The minimum absolute atomic E-state index is 0.106. The van der Waals surface area contributed by atoms with Crippen LogP contribution in [0, 0.1) is 0 Å². The maximum Gasteiger partial charge on any atom is 0.242 e. The number of sulfonamides is 1. The quantitative estimate of drug-likeness (QED) is 0.825. The van der Waals surface area contributed by atoms with Gasteiger partial charge in [-0.25, -0.2) is 13.1 Å². The third kappa shape index (κ3) is 3.57. The Morgan fingerprint density at radius 1 is 1.28 bits per heavy atom. The second-order valence-corrected chi connectivity index (χ2v) is 6.69. The van der Waals surface area contributed by atoms with Crippen LogP contribution in [0.5, 0.6) is 0 Å². The Balaban J connectivity index is 3.15. The number of hydrogen-bond donors (Lipinski definition) is 2. The Hall–Kier alpha value is -0.850. The topological polar surface area (TPSA) is 63.1 Å². The lowest BCUT2D eigenvalue weighted by atomic mass is 10.3. The first-order chi connectivity index (χ1) is 8.27. The number of nitrogens with zero attached hydrogens (tertiary/aromatic N) is 1. The Morgan fingerprint density at radius 2 is 1.89 bits per heavy atom. The summed E-state index contributed by atoms with van der Waals surface area (Å²) in [7, 11) is -1.57. The predicted octanol–water partition coefficient (Wildman–Crippen LogP) is 1.48. The van der Waals surface area contributed by atoms with Gasteiger partial charge in [-0.3, -0.25) is 0 Å². The van der Waals surface area contributed by atoms with E-state index in [0.717, 1.165) is 5.69 Å². The van der Waals surface area contributed by atoms with Crippen LogP contribution in [0.15, 0.2) is 17.2 Å². The average Bonchev–Trinajstić information content (AvgIpc) is 2.61. The van der Waals surface area contributed by atoms with Gasteiger partial charge in [0.05, 0.1) is 4.90 Å². The van der Waals surface area contributed by atoms with Crippen molar-refractivity contribution in [3.05, 3.63) is 18.0 Å². The summed E-state index contributed by atoms with van der Waals surface area (Å²) in [6.07, 6.45) is 1.70. The number of rotatable bonds is 6. The van der Waals surface area contributed by atoms with Gasteiger partial charge >= 0.3 is 0 Å². The molecule has 0 saturated carbocycles. The number of aromatic nitrogens is 1. The van der Waals surface area contributed by atoms with Gasteiger partial charge in [0.2, 0.25) is 10.0 Å². The molecular formula is C12H23N3O2S. The fourth-order valence-electron chi connectivity index (χ4n) is 1.83. The number of nitrogens with one attached hydrogen (secondary N) is 2. The number of hydrogen-bond acceptors (Lipinski definition) is 3. The molecule has 0 spiro atoms. The third-order valence-electron chi connectivity index (χ3n) is 2.52. The lowest BCUT2D eigenvalue weighted by molar-refractivity contribution is 0.558. The molecule has 18 heavy (non-hydrogen) atoms. The Morgan fingerprint density at radius 3 is 2.33 bits per heavy atom. The molecule has 6 heteroatoms. The van der Waals surface area contributed by atoms with Gasteiger partial charge in [0.1, 0.15) is 0 Å². The van der Waals surface area contributed by atoms with Crippen LogP contribution in [0.1, 0.15) is 39.4 Å². The van der Waals surface area contributed by atoms with Crippen molar-refractivity contribution in [2.24, 2.45) is 0 Å². The van der Waals surface area contributed by atoms with Gasteiger partial charge in [0, 0.05) is 30.5 Å². The van der Waals surface area contributed by atoms with E-state index >= 15 is 0 Å². The Kier molecular flexibility index (Phi) is 4.95. The van der Waals surface area contributed by atoms with Crippen LogP contribution in [-0.2, 0) is 16.6 Å². The highest BCUT2D eigenvalue weighted by molar-refractivity contribution is 7.89. The maximum absolute atomic E-state index is 12.1. The second kappa shape index (κ2) is 5.86. The van der Waals surface area contributed by atoms with Crippen molar-refractivity contribution < 1.29 is 8.42 Å². The standard InChI is InChI=1S/C12H23N3O2S/c1-9(2)14-18(16,17)12-6-11(7-13-5)15(8-12)10(3)4/h6,8-10,13-14H,7H2,1-5H3. The van der Waals surface area contributed by atoms with Crippen LogP contribution in [0.3, 0.4) is 0 Å². The largest absolute Gasteiger partial charge is 0.346 e. The van der Waals surface area contributed by atoms with E-state index in [9.17, 15) is 8.42 Å². The summed E-state index contributed by atoms with van der Waals surface area (Å²) in [5, 5.41) is 3.05. The van der Waals surface area contributed by atoms with Gasteiger partial charge in [0.25, 0.3) is 0 Å². The summed E-state index contributed by atoms with van der Waals surface area (Å²) in [6, 6.07) is 1.85. The van der Waals surface area contributed by atoms with E-state index in [2.05, 4.69) is 10.0 Å².